The molecule has 3 heteroatoms. The minimum atomic E-state index is 0.108. The largest absolute Gasteiger partial charge is 0.349 e. The molecule has 3 nitrogen and oxygen atoms in total. The summed E-state index contributed by atoms with van der Waals surface area (Å²) in [6.07, 6.45) is 2.81. The molecule has 1 fully saturated rings. The Morgan fingerprint density at radius 2 is 1.82 bits per heavy atom. The van der Waals surface area contributed by atoms with Crippen LogP contribution in [0.25, 0.3) is 0 Å². The highest BCUT2D eigenvalue weighted by atomic mass is 16.1. The molecule has 1 saturated heterocycles. The zero-order valence-corrected chi connectivity index (χ0v) is 17.8. The maximum Gasteiger partial charge on any atom is 0.223 e. The second kappa shape index (κ2) is 9.38. The van der Waals surface area contributed by atoms with Gasteiger partial charge in [0, 0.05) is 12.5 Å². The molecule has 0 aliphatic carbocycles. The number of hydrogen-bond donors (Lipinski definition) is 1. The average molecular weight is 379 g/mol. The van der Waals surface area contributed by atoms with Gasteiger partial charge >= 0.3 is 0 Å². The summed E-state index contributed by atoms with van der Waals surface area (Å²) in [7, 11) is 0. The molecule has 1 N–H and O–H groups in total. The molecule has 1 heterocycles. The van der Waals surface area contributed by atoms with E-state index in [9.17, 15) is 4.79 Å². The second-order valence-corrected chi connectivity index (χ2v) is 8.35. The van der Waals surface area contributed by atoms with Gasteiger partial charge in [0.25, 0.3) is 0 Å². The van der Waals surface area contributed by atoms with Crippen LogP contribution < -0.4 is 5.32 Å². The molecule has 3 rings (SSSR count). The SMILES string of the molecule is CCC(NC(=O)C1CCN(Cc2cccc(C)c2)CC1)c1ccc(C)c(C)c1. The third kappa shape index (κ3) is 5.23. The Kier molecular flexibility index (Phi) is 6.90. The van der Waals surface area contributed by atoms with Crippen LogP contribution in [-0.2, 0) is 11.3 Å². The first-order valence-electron chi connectivity index (χ1n) is 10.6. The molecule has 2 aromatic rings. The lowest BCUT2D eigenvalue weighted by molar-refractivity contribution is -0.127. The van der Waals surface area contributed by atoms with Crippen molar-refractivity contribution in [3.05, 3.63) is 70.3 Å². The summed E-state index contributed by atoms with van der Waals surface area (Å²) >= 11 is 0. The fraction of sp³-hybridized carbons (Fsp3) is 0.480. The number of nitrogens with one attached hydrogen (secondary N) is 1. The van der Waals surface area contributed by atoms with Gasteiger partial charge in [-0.3, -0.25) is 9.69 Å². The van der Waals surface area contributed by atoms with Gasteiger partial charge in [-0.25, -0.2) is 0 Å². The Hall–Kier alpha value is -2.13. The van der Waals surface area contributed by atoms with Gasteiger partial charge in [0.1, 0.15) is 0 Å². The van der Waals surface area contributed by atoms with Crippen molar-refractivity contribution >= 4 is 5.91 Å². The van der Waals surface area contributed by atoms with Crippen LogP contribution in [0.1, 0.15) is 60.0 Å². The normalized spacial score (nSPS) is 16.7. The molecular formula is C25H34N2O. The number of aryl methyl sites for hydroxylation is 3. The number of carbonyl (C=O) groups is 1. The Bertz CT molecular complexity index is 806. The van der Waals surface area contributed by atoms with Crippen LogP contribution in [0.3, 0.4) is 0 Å². The smallest absolute Gasteiger partial charge is 0.223 e. The molecule has 0 saturated carbocycles. The van der Waals surface area contributed by atoms with Gasteiger partial charge in [-0.05, 0) is 75.4 Å². The first-order chi connectivity index (χ1) is 13.5. The monoisotopic (exact) mass is 378 g/mol. The Labute approximate surface area is 170 Å². The minimum Gasteiger partial charge on any atom is -0.349 e. The van der Waals surface area contributed by atoms with Gasteiger partial charge in [-0.15, -0.1) is 0 Å². The summed E-state index contributed by atoms with van der Waals surface area (Å²) in [4.78, 5) is 15.3. The predicted octanol–water partition coefficient (Wildman–Crippen LogP) is 5.09. The molecule has 1 unspecified atom stereocenters. The van der Waals surface area contributed by atoms with Gasteiger partial charge in [0.15, 0.2) is 0 Å². The number of amides is 1. The summed E-state index contributed by atoms with van der Waals surface area (Å²) in [6.45, 7) is 11.5. The molecule has 1 aliphatic heterocycles. The van der Waals surface area contributed by atoms with E-state index in [0.29, 0.717) is 0 Å². The van der Waals surface area contributed by atoms with Gasteiger partial charge in [-0.2, -0.15) is 0 Å². The number of piperidine rings is 1. The van der Waals surface area contributed by atoms with E-state index in [2.05, 4.69) is 80.4 Å². The maximum atomic E-state index is 12.9. The zero-order chi connectivity index (χ0) is 20.1. The minimum absolute atomic E-state index is 0.108. The molecular weight excluding hydrogens is 344 g/mol. The second-order valence-electron chi connectivity index (χ2n) is 8.35. The van der Waals surface area contributed by atoms with Crippen LogP contribution in [0, 0.1) is 26.7 Å². The molecule has 0 bridgehead atoms. The number of nitrogens with zero attached hydrogens (tertiary/aromatic N) is 1. The van der Waals surface area contributed by atoms with E-state index >= 15 is 0 Å². The van der Waals surface area contributed by atoms with Crippen LogP contribution in [0.15, 0.2) is 42.5 Å². The molecule has 150 valence electrons. The van der Waals surface area contributed by atoms with E-state index in [1.54, 1.807) is 0 Å². The lowest BCUT2D eigenvalue weighted by Gasteiger charge is -2.32. The van der Waals surface area contributed by atoms with Crippen molar-refractivity contribution in [1.82, 2.24) is 10.2 Å². The molecule has 28 heavy (non-hydrogen) atoms. The third-order valence-corrected chi connectivity index (χ3v) is 6.11. The molecule has 1 amide bonds. The maximum absolute atomic E-state index is 12.9. The fourth-order valence-electron chi connectivity index (χ4n) is 4.11. The molecule has 1 aliphatic rings. The van der Waals surface area contributed by atoms with E-state index in [0.717, 1.165) is 38.9 Å². The van der Waals surface area contributed by atoms with Gasteiger partial charge < -0.3 is 5.32 Å². The Balaban J connectivity index is 1.53. The van der Waals surface area contributed by atoms with E-state index in [-0.39, 0.29) is 17.9 Å². The van der Waals surface area contributed by atoms with Gasteiger partial charge in [0.2, 0.25) is 5.91 Å². The standard InChI is InChI=1S/C25H34N2O/c1-5-24(23-10-9-19(3)20(4)16-23)26-25(28)22-11-13-27(14-12-22)17-21-8-6-7-18(2)15-21/h6-10,15-16,22,24H,5,11-14,17H2,1-4H3,(H,26,28). The first-order valence-corrected chi connectivity index (χ1v) is 10.6. The van der Waals surface area contributed by atoms with E-state index in [4.69, 9.17) is 0 Å². The van der Waals surface area contributed by atoms with Crippen LogP contribution in [0.5, 0.6) is 0 Å². The molecule has 0 aromatic heterocycles. The highest BCUT2D eigenvalue weighted by Crippen LogP contribution is 2.24. The van der Waals surface area contributed by atoms with Gasteiger partial charge in [-0.1, -0.05) is 55.0 Å². The lowest BCUT2D eigenvalue weighted by Crippen LogP contribution is -2.41. The van der Waals surface area contributed by atoms with Crippen LogP contribution in [0.2, 0.25) is 0 Å². The van der Waals surface area contributed by atoms with Crippen LogP contribution in [-0.4, -0.2) is 23.9 Å². The van der Waals surface area contributed by atoms with Crippen molar-refractivity contribution < 1.29 is 4.79 Å². The lowest BCUT2D eigenvalue weighted by atomic mass is 9.93. The molecule has 0 radical (unpaired) electrons. The number of hydrogen-bond acceptors (Lipinski definition) is 2. The van der Waals surface area contributed by atoms with Crippen molar-refractivity contribution in [3.63, 3.8) is 0 Å². The van der Waals surface area contributed by atoms with Crippen molar-refractivity contribution in [2.75, 3.05) is 13.1 Å². The molecule has 1 atom stereocenters. The third-order valence-electron chi connectivity index (χ3n) is 6.11. The number of benzene rings is 2. The average Bonchev–Trinajstić information content (AvgIpc) is 2.69. The highest BCUT2D eigenvalue weighted by Gasteiger charge is 2.26. The van der Waals surface area contributed by atoms with Crippen molar-refractivity contribution in [2.24, 2.45) is 5.92 Å². The number of rotatable bonds is 6. The Morgan fingerprint density at radius 3 is 2.46 bits per heavy atom. The van der Waals surface area contributed by atoms with Gasteiger partial charge in [0.05, 0.1) is 6.04 Å². The number of carbonyl (C=O) groups excluding carboxylic acids is 1. The Morgan fingerprint density at radius 1 is 1.07 bits per heavy atom. The predicted molar refractivity (Wildman–Crippen MR) is 116 cm³/mol. The summed E-state index contributed by atoms with van der Waals surface area (Å²) in [5.41, 5.74) is 6.48. The fourth-order valence-corrected chi connectivity index (χ4v) is 4.11. The van der Waals surface area contributed by atoms with E-state index in [1.807, 2.05) is 0 Å². The highest BCUT2D eigenvalue weighted by molar-refractivity contribution is 5.79. The van der Waals surface area contributed by atoms with Crippen LogP contribution >= 0.6 is 0 Å². The topological polar surface area (TPSA) is 32.3 Å². The summed E-state index contributed by atoms with van der Waals surface area (Å²) in [5, 5.41) is 3.31. The van der Waals surface area contributed by atoms with E-state index in [1.165, 1.54) is 27.8 Å². The first kappa shape index (κ1) is 20.6. The zero-order valence-electron chi connectivity index (χ0n) is 17.8. The van der Waals surface area contributed by atoms with Crippen molar-refractivity contribution in [3.8, 4) is 0 Å². The summed E-state index contributed by atoms with van der Waals surface area (Å²) in [6, 6.07) is 15.4. The quantitative estimate of drug-likeness (QED) is 0.759. The van der Waals surface area contributed by atoms with Crippen molar-refractivity contribution in [2.45, 2.75) is 59.5 Å². The summed E-state index contributed by atoms with van der Waals surface area (Å²) < 4.78 is 0. The van der Waals surface area contributed by atoms with Crippen LogP contribution in [0.4, 0.5) is 0 Å². The van der Waals surface area contributed by atoms with E-state index < -0.39 is 0 Å². The molecule has 0 spiro atoms. The molecule has 2 aromatic carbocycles. The summed E-state index contributed by atoms with van der Waals surface area (Å²) in [5.74, 6) is 0.356. The van der Waals surface area contributed by atoms with Crippen molar-refractivity contribution in [1.29, 1.82) is 0 Å². The number of likely N-dealkylation sites (tertiary alicyclic amines) is 1.